The summed E-state index contributed by atoms with van der Waals surface area (Å²) < 4.78 is 9.85. The van der Waals surface area contributed by atoms with Gasteiger partial charge in [-0.25, -0.2) is 0 Å². The summed E-state index contributed by atoms with van der Waals surface area (Å²) in [5.74, 6) is -0.504. The van der Waals surface area contributed by atoms with Crippen LogP contribution in [0.25, 0.3) is 0 Å². The van der Waals surface area contributed by atoms with Crippen molar-refractivity contribution in [1.29, 1.82) is 0 Å². The lowest BCUT2D eigenvalue weighted by Gasteiger charge is -2.03. The van der Waals surface area contributed by atoms with Crippen LogP contribution in [0.2, 0.25) is 0 Å². The lowest BCUT2D eigenvalue weighted by Crippen LogP contribution is -2.06. The Balaban J connectivity index is 3.84. The van der Waals surface area contributed by atoms with Crippen LogP contribution in [0, 0.1) is 0 Å². The van der Waals surface area contributed by atoms with Gasteiger partial charge in [-0.3, -0.25) is 9.59 Å². The van der Waals surface area contributed by atoms with Crippen molar-refractivity contribution in [1.82, 2.24) is 0 Å². The van der Waals surface area contributed by atoms with E-state index in [0.29, 0.717) is 13.2 Å². The molecule has 0 fully saturated rings. The van der Waals surface area contributed by atoms with Crippen LogP contribution >= 0.6 is 0 Å². The van der Waals surface area contributed by atoms with Crippen LogP contribution in [-0.4, -0.2) is 25.2 Å². The Morgan fingerprint density at radius 3 is 2.06 bits per heavy atom. The van der Waals surface area contributed by atoms with Crippen LogP contribution < -0.4 is 0 Å². The minimum Gasteiger partial charge on any atom is -0.465 e. The van der Waals surface area contributed by atoms with Gasteiger partial charge in [0.15, 0.2) is 0 Å². The van der Waals surface area contributed by atoms with Crippen LogP contribution in [0.1, 0.15) is 46.5 Å². The SMILES string of the molecule is CCCOC(=O)C/C=C(/C)CC(=O)OCCC. The molecular formula is C13H22O4. The summed E-state index contributed by atoms with van der Waals surface area (Å²) in [6, 6.07) is 0. The zero-order valence-electron chi connectivity index (χ0n) is 11.0. The second-order valence-electron chi connectivity index (χ2n) is 3.87. The molecule has 0 aliphatic heterocycles. The molecule has 0 saturated carbocycles. The molecule has 4 heteroatoms. The van der Waals surface area contributed by atoms with E-state index in [0.717, 1.165) is 18.4 Å². The van der Waals surface area contributed by atoms with Crippen LogP contribution in [-0.2, 0) is 19.1 Å². The van der Waals surface area contributed by atoms with Crippen LogP contribution in [0.3, 0.4) is 0 Å². The van der Waals surface area contributed by atoms with Gasteiger partial charge in [-0.2, -0.15) is 0 Å². The molecule has 0 bridgehead atoms. The fourth-order valence-corrected chi connectivity index (χ4v) is 1.10. The van der Waals surface area contributed by atoms with E-state index >= 15 is 0 Å². The van der Waals surface area contributed by atoms with Gasteiger partial charge >= 0.3 is 11.9 Å². The third-order valence-corrected chi connectivity index (χ3v) is 1.97. The maximum Gasteiger partial charge on any atom is 0.309 e. The smallest absolute Gasteiger partial charge is 0.309 e. The van der Waals surface area contributed by atoms with E-state index in [2.05, 4.69) is 0 Å². The Morgan fingerprint density at radius 2 is 1.53 bits per heavy atom. The number of carbonyl (C=O) groups excluding carboxylic acids is 2. The molecule has 0 aromatic heterocycles. The molecule has 4 nitrogen and oxygen atoms in total. The van der Waals surface area contributed by atoms with Crippen molar-refractivity contribution in [2.24, 2.45) is 0 Å². The maximum absolute atomic E-state index is 11.2. The Morgan fingerprint density at radius 1 is 1.00 bits per heavy atom. The molecule has 98 valence electrons. The van der Waals surface area contributed by atoms with Crippen molar-refractivity contribution in [2.45, 2.75) is 46.5 Å². The Hall–Kier alpha value is -1.32. The molecule has 0 N–H and O–H groups in total. The second-order valence-corrected chi connectivity index (χ2v) is 3.87. The van der Waals surface area contributed by atoms with Crippen LogP contribution in [0.5, 0.6) is 0 Å². The zero-order valence-corrected chi connectivity index (χ0v) is 11.0. The van der Waals surface area contributed by atoms with Crippen molar-refractivity contribution < 1.29 is 19.1 Å². The first-order valence-electron chi connectivity index (χ1n) is 6.07. The standard InChI is InChI=1S/C13H22O4/c1-4-8-16-12(14)7-6-11(3)10-13(15)17-9-5-2/h6H,4-5,7-10H2,1-3H3/b11-6-. The normalized spacial score (nSPS) is 11.1. The van der Waals surface area contributed by atoms with E-state index in [1.54, 1.807) is 13.0 Å². The van der Waals surface area contributed by atoms with Gasteiger partial charge in [0, 0.05) is 0 Å². The van der Waals surface area contributed by atoms with Gasteiger partial charge in [-0.15, -0.1) is 0 Å². The zero-order chi connectivity index (χ0) is 13.1. The largest absolute Gasteiger partial charge is 0.465 e. The second kappa shape index (κ2) is 9.87. The Kier molecular flexibility index (Phi) is 9.11. The molecule has 0 aromatic carbocycles. The molecule has 17 heavy (non-hydrogen) atoms. The van der Waals surface area contributed by atoms with E-state index in [9.17, 15) is 9.59 Å². The van der Waals surface area contributed by atoms with Crippen molar-refractivity contribution in [2.75, 3.05) is 13.2 Å². The summed E-state index contributed by atoms with van der Waals surface area (Å²) in [6.45, 7) is 6.59. The van der Waals surface area contributed by atoms with E-state index in [-0.39, 0.29) is 24.8 Å². The molecule has 0 aliphatic carbocycles. The molecule has 0 aliphatic rings. The fraction of sp³-hybridized carbons (Fsp3) is 0.692. The third-order valence-electron chi connectivity index (χ3n) is 1.97. The minimum atomic E-state index is -0.256. The average Bonchev–Trinajstić information content (AvgIpc) is 2.31. The molecule has 0 atom stereocenters. The molecule has 0 saturated heterocycles. The molecule has 0 unspecified atom stereocenters. The van der Waals surface area contributed by atoms with Crippen LogP contribution in [0.15, 0.2) is 11.6 Å². The fourth-order valence-electron chi connectivity index (χ4n) is 1.10. The van der Waals surface area contributed by atoms with Gasteiger partial charge in [-0.05, 0) is 19.8 Å². The quantitative estimate of drug-likeness (QED) is 0.485. The lowest BCUT2D eigenvalue weighted by molar-refractivity contribution is -0.144. The summed E-state index contributed by atoms with van der Waals surface area (Å²) in [5.41, 5.74) is 0.833. The molecular weight excluding hydrogens is 220 g/mol. The molecule has 0 heterocycles. The van der Waals surface area contributed by atoms with Gasteiger partial charge in [0.1, 0.15) is 0 Å². The highest BCUT2D eigenvalue weighted by atomic mass is 16.5. The van der Waals surface area contributed by atoms with Crippen molar-refractivity contribution in [3.63, 3.8) is 0 Å². The number of ether oxygens (including phenoxy) is 2. The molecule has 0 amide bonds. The van der Waals surface area contributed by atoms with Gasteiger partial charge in [0.05, 0.1) is 26.1 Å². The molecule has 0 rings (SSSR count). The number of hydrogen-bond donors (Lipinski definition) is 0. The summed E-state index contributed by atoms with van der Waals surface area (Å²) in [5, 5.41) is 0. The van der Waals surface area contributed by atoms with Crippen molar-refractivity contribution in [3.05, 3.63) is 11.6 Å². The molecule has 0 radical (unpaired) electrons. The Labute approximate surface area is 103 Å². The third kappa shape index (κ3) is 9.60. The maximum atomic E-state index is 11.2. The van der Waals surface area contributed by atoms with E-state index in [4.69, 9.17) is 9.47 Å². The predicted molar refractivity (Wildman–Crippen MR) is 65.5 cm³/mol. The lowest BCUT2D eigenvalue weighted by atomic mass is 10.2. The van der Waals surface area contributed by atoms with Crippen molar-refractivity contribution in [3.8, 4) is 0 Å². The van der Waals surface area contributed by atoms with Gasteiger partial charge in [-0.1, -0.05) is 25.5 Å². The highest BCUT2D eigenvalue weighted by Crippen LogP contribution is 2.04. The monoisotopic (exact) mass is 242 g/mol. The van der Waals surface area contributed by atoms with Gasteiger partial charge < -0.3 is 9.47 Å². The first-order valence-corrected chi connectivity index (χ1v) is 6.07. The topological polar surface area (TPSA) is 52.6 Å². The van der Waals surface area contributed by atoms with Crippen molar-refractivity contribution >= 4 is 11.9 Å². The average molecular weight is 242 g/mol. The number of carbonyl (C=O) groups is 2. The number of hydrogen-bond acceptors (Lipinski definition) is 4. The van der Waals surface area contributed by atoms with E-state index in [1.165, 1.54) is 0 Å². The van der Waals surface area contributed by atoms with Crippen LogP contribution in [0.4, 0.5) is 0 Å². The van der Waals surface area contributed by atoms with E-state index < -0.39 is 0 Å². The summed E-state index contributed by atoms with van der Waals surface area (Å²) in [6.07, 6.45) is 3.80. The molecule has 0 aromatic rings. The summed E-state index contributed by atoms with van der Waals surface area (Å²) in [4.78, 5) is 22.4. The predicted octanol–water partition coefficient (Wildman–Crippen LogP) is 2.62. The first-order chi connectivity index (χ1) is 8.10. The highest BCUT2D eigenvalue weighted by Gasteiger charge is 2.04. The summed E-state index contributed by atoms with van der Waals surface area (Å²) >= 11 is 0. The number of rotatable bonds is 8. The Bertz CT molecular complexity index is 269. The first kappa shape index (κ1) is 15.7. The van der Waals surface area contributed by atoms with Gasteiger partial charge in [0.25, 0.3) is 0 Å². The van der Waals surface area contributed by atoms with E-state index in [1.807, 2.05) is 13.8 Å². The minimum absolute atomic E-state index is 0.215. The molecule has 0 spiro atoms. The number of esters is 2. The highest BCUT2D eigenvalue weighted by molar-refractivity contribution is 5.74. The van der Waals surface area contributed by atoms with Gasteiger partial charge in [0.2, 0.25) is 0 Å². The summed E-state index contributed by atoms with van der Waals surface area (Å²) in [7, 11) is 0.